The lowest BCUT2D eigenvalue weighted by Gasteiger charge is -2.27. The van der Waals surface area contributed by atoms with Gasteiger partial charge in [0.05, 0.1) is 0 Å². The monoisotopic (exact) mass is 292 g/mol. The number of nitrogens with two attached hydrogens (primary N) is 1. The molecule has 20 heavy (non-hydrogen) atoms. The highest BCUT2D eigenvalue weighted by Gasteiger charge is 2.36. The lowest BCUT2D eigenvalue weighted by atomic mass is 10.0. The molecule has 110 valence electrons. The summed E-state index contributed by atoms with van der Waals surface area (Å²) in [6.45, 7) is 6.28. The van der Waals surface area contributed by atoms with Gasteiger partial charge >= 0.3 is 0 Å². The van der Waals surface area contributed by atoms with Crippen molar-refractivity contribution in [3.05, 3.63) is 29.8 Å². The van der Waals surface area contributed by atoms with E-state index in [9.17, 15) is 4.79 Å². The van der Waals surface area contributed by atoms with Gasteiger partial charge < -0.3 is 11.1 Å². The van der Waals surface area contributed by atoms with Crippen molar-refractivity contribution in [3.63, 3.8) is 0 Å². The molecule has 1 saturated carbocycles. The maximum absolute atomic E-state index is 11.7. The molecule has 1 fully saturated rings. The third-order valence-electron chi connectivity index (χ3n) is 3.72. The number of hydrogen-bond donors (Lipinski definition) is 2. The molecule has 3 N–H and O–H groups in total. The fraction of sp³-hybridized carbons (Fsp3) is 0.562. The molecular formula is C16H24N2OS. The maximum atomic E-state index is 11.7. The average molecular weight is 292 g/mol. The van der Waals surface area contributed by atoms with E-state index in [4.69, 9.17) is 5.73 Å². The molecule has 0 aromatic heterocycles. The number of rotatable bonds is 7. The predicted octanol–water partition coefficient (Wildman–Crippen LogP) is 2.90. The first-order valence-electron chi connectivity index (χ1n) is 7.21. The van der Waals surface area contributed by atoms with E-state index in [-0.39, 0.29) is 5.91 Å². The van der Waals surface area contributed by atoms with Gasteiger partial charge in [-0.3, -0.25) is 4.79 Å². The summed E-state index contributed by atoms with van der Waals surface area (Å²) < 4.78 is 0. The number of hydrogen-bond acceptors (Lipinski definition) is 3. The lowest BCUT2D eigenvalue weighted by Crippen LogP contribution is -2.55. The Morgan fingerprint density at radius 2 is 2.00 bits per heavy atom. The summed E-state index contributed by atoms with van der Waals surface area (Å²) in [4.78, 5) is 12.9. The van der Waals surface area contributed by atoms with Crippen LogP contribution in [0, 0.1) is 0 Å². The van der Waals surface area contributed by atoms with Gasteiger partial charge in [0.15, 0.2) is 0 Å². The Hall–Kier alpha value is -1.00. The molecule has 0 aliphatic heterocycles. The first-order chi connectivity index (χ1) is 9.40. The SMILES string of the molecule is CC(C)c1ccc(SCC(C)(NC2CC2)C(N)=O)cc1. The van der Waals surface area contributed by atoms with Crippen LogP contribution in [-0.4, -0.2) is 23.2 Å². The van der Waals surface area contributed by atoms with Crippen LogP contribution in [0.3, 0.4) is 0 Å². The zero-order valence-electron chi connectivity index (χ0n) is 12.5. The van der Waals surface area contributed by atoms with Gasteiger partial charge in [0.2, 0.25) is 5.91 Å². The number of thioether (sulfide) groups is 1. The second kappa shape index (κ2) is 6.19. The molecule has 1 aromatic rings. The van der Waals surface area contributed by atoms with E-state index in [0.29, 0.717) is 17.7 Å². The van der Waals surface area contributed by atoms with E-state index in [1.165, 1.54) is 10.5 Å². The van der Waals surface area contributed by atoms with E-state index in [1.54, 1.807) is 11.8 Å². The molecule has 0 heterocycles. The van der Waals surface area contributed by atoms with Crippen LogP contribution in [0.2, 0.25) is 0 Å². The minimum Gasteiger partial charge on any atom is -0.368 e. The standard InChI is InChI=1S/C16H24N2OS/c1-11(2)12-4-8-14(9-5-12)20-10-16(3,15(17)19)18-13-6-7-13/h4-5,8-9,11,13,18H,6-7,10H2,1-3H3,(H2,17,19). The summed E-state index contributed by atoms with van der Waals surface area (Å²) in [5, 5.41) is 3.37. The number of primary amides is 1. The average Bonchev–Trinajstić information content (AvgIpc) is 3.20. The summed E-state index contributed by atoms with van der Waals surface area (Å²) in [6, 6.07) is 9.03. The van der Waals surface area contributed by atoms with Crippen molar-refractivity contribution < 1.29 is 4.79 Å². The summed E-state index contributed by atoms with van der Waals surface area (Å²) >= 11 is 1.68. The predicted molar refractivity (Wildman–Crippen MR) is 85.0 cm³/mol. The summed E-state index contributed by atoms with van der Waals surface area (Å²) in [7, 11) is 0. The highest BCUT2D eigenvalue weighted by atomic mass is 32.2. The molecule has 0 saturated heterocycles. The van der Waals surface area contributed by atoms with Crippen molar-refractivity contribution in [2.45, 2.75) is 56.0 Å². The second-order valence-electron chi connectivity index (χ2n) is 6.13. The smallest absolute Gasteiger partial charge is 0.238 e. The Morgan fingerprint density at radius 3 is 2.45 bits per heavy atom. The van der Waals surface area contributed by atoms with Crippen molar-refractivity contribution >= 4 is 17.7 Å². The van der Waals surface area contributed by atoms with Gasteiger partial charge in [-0.05, 0) is 43.4 Å². The molecule has 3 nitrogen and oxygen atoms in total. The van der Waals surface area contributed by atoms with Crippen LogP contribution in [0.4, 0.5) is 0 Å². The highest BCUT2D eigenvalue weighted by Crippen LogP contribution is 2.28. The van der Waals surface area contributed by atoms with Crippen LogP contribution in [0.25, 0.3) is 0 Å². The molecule has 0 radical (unpaired) electrons. The normalized spacial score (nSPS) is 18.0. The van der Waals surface area contributed by atoms with Gasteiger partial charge in [-0.15, -0.1) is 11.8 Å². The van der Waals surface area contributed by atoms with Gasteiger partial charge in [0.1, 0.15) is 5.54 Å². The minimum absolute atomic E-state index is 0.268. The van der Waals surface area contributed by atoms with Gasteiger partial charge in [-0.1, -0.05) is 26.0 Å². The molecule has 1 aliphatic carbocycles. The first kappa shape index (κ1) is 15.4. The van der Waals surface area contributed by atoms with Crippen LogP contribution in [-0.2, 0) is 4.79 Å². The molecule has 1 amide bonds. The number of carbonyl (C=O) groups is 1. The zero-order chi connectivity index (χ0) is 14.8. The molecule has 1 atom stereocenters. The highest BCUT2D eigenvalue weighted by molar-refractivity contribution is 7.99. The largest absolute Gasteiger partial charge is 0.368 e. The topological polar surface area (TPSA) is 55.1 Å². The molecule has 2 rings (SSSR count). The van der Waals surface area contributed by atoms with E-state index in [2.05, 4.69) is 43.4 Å². The van der Waals surface area contributed by atoms with Crippen molar-refractivity contribution in [1.82, 2.24) is 5.32 Å². The van der Waals surface area contributed by atoms with Crippen LogP contribution in [0.1, 0.15) is 45.1 Å². The van der Waals surface area contributed by atoms with Gasteiger partial charge in [0, 0.05) is 16.7 Å². The van der Waals surface area contributed by atoms with Crippen molar-refractivity contribution in [2.75, 3.05) is 5.75 Å². The number of nitrogens with one attached hydrogen (secondary N) is 1. The van der Waals surface area contributed by atoms with E-state index in [0.717, 1.165) is 12.8 Å². The van der Waals surface area contributed by atoms with Crippen LogP contribution < -0.4 is 11.1 Å². The van der Waals surface area contributed by atoms with Crippen LogP contribution >= 0.6 is 11.8 Å². The summed E-state index contributed by atoms with van der Waals surface area (Å²) in [5.74, 6) is 0.942. The molecule has 1 aromatic carbocycles. The molecule has 1 aliphatic rings. The summed E-state index contributed by atoms with van der Waals surface area (Å²) in [5.41, 5.74) is 6.27. The fourth-order valence-electron chi connectivity index (χ4n) is 2.04. The molecule has 4 heteroatoms. The Labute approximate surface area is 125 Å². The van der Waals surface area contributed by atoms with Gasteiger partial charge in [-0.25, -0.2) is 0 Å². The number of benzene rings is 1. The zero-order valence-corrected chi connectivity index (χ0v) is 13.3. The Balaban J connectivity index is 1.96. The third kappa shape index (κ3) is 4.00. The van der Waals surface area contributed by atoms with E-state index in [1.807, 2.05) is 6.92 Å². The molecule has 0 spiro atoms. The van der Waals surface area contributed by atoms with Gasteiger partial charge in [0.25, 0.3) is 0 Å². The lowest BCUT2D eigenvalue weighted by molar-refractivity contribution is -0.123. The maximum Gasteiger partial charge on any atom is 0.238 e. The molecular weight excluding hydrogens is 268 g/mol. The second-order valence-corrected chi connectivity index (χ2v) is 7.18. The van der Waals surface area contributed by atoms with E-state index < -0.39 is 5.54 Å². The van der Waals surface area contributed by atoms with Crippen LogP contribution in [0.5, 0.6) is 0 Å². The van der Waals surface area contributed by atoms with Crippen molar-refractivity contribution in [3.8, 4) is 0 Å². The van der Waals surface area contributed by atoms with Gasteiger partial charge in [-0.2, -0.15) is 0 Å². The number of carbonyl (C=O) groups excluding carboxylic acids is 1. The first-order valence-corrected chi connectivity index (χ1v) is 8.19. The summed E-state index contributed by atoms with van der Waals surface area (Å²) in [6.07, 6.45) is 2.30. The van der Waals surface area contributed by atoms with Crippen LogP contribution in [0.15, 0.2) is 29.2 Å². The minimum atomic E-state index is -0.622. The molecule has 0 bridgehead atoms. The van der Waals surface area contributed by atoms with Crippen molar-refractivity contribution in [2.24, 2.45) is 5.73 Å². The number of amides is 1. The van der Waals surface area contributed by atoms with Crippen molar-refractivity contribution in [1.29, 1.82) is 0 Å². The quantitative estimate of drug-likeness (QED) is 0.760. The fourth-order valence-corrected chi connectivity index (χ4v) is 3.05. The Kier molecular flexibility index (Phi) is 4.76. The van der Waals surface area contributed by atoms with E-state index >= 15 is 0 Å². The Morgan fingerprint density at radius 1 is 1.40 bits per heavy atom. The Bertz CT molecular complexity index is 468. The molecule has 1 unspecified atom stereocenters. The third-order valence-corrected chi connectivity index (χ3v) is 5.05.